The van der Waals surface area contributed by atoms with Crippen LogP contribution in [0.25, 0.3) is 77.3 Å². The first-order valence-electron chi connectivity index (χ1n) is 19.4. The zero-order valence-electron chi connectivity index (χ0n) is 30.8. The molecule has 4 aromatic heterocycles. The molecule has 268 valence electrons. The van der Waals surface area contributed by atoms with Gasteiger partial charge < -0.3 is 8.83 Å². The minimum Gasteiger partial charge on any atom is -0.439 e. The van der Waals surface area contributed by atoms with Gasteiger partial charge in [-0.2, -0.15) is 0 Å². The van der Waals surface area contributed by atoms with E-state index < -0.39 is 8.07 Å². The Morgan fingerprint density at radius 1 is 0.298 bits per heavy atom. The SMILES string of the molecule is c1ccc([Si](c2ccccc2)(c2ccc(-n3c4ccccc4c4c5ccccc5oc43)cc2)c2ccc(-n3c4ccccc4c4c5ccccc5oc43)cc2)cc1. The Morgan fingerprint density at radius 3 is 1.05 bits per heavy atom. The molecule has 0 N–H and O–H groups in total. The van der Waals surface area contributed by atoms with Gasteiger partial charge in [0.2, 0.25) is 11.4 Å². The quantitative estimate of drug-likeness (QED) is 0.125. The lowest BCUT2D eigenvalue weighted by Crippen LogP contribution is -2.74. The first-order chi connectivity index (χ1) is 28.3. The molecule has 0 atom stereocenters. The van der Waals surface area contributed by atoms with Gasteiger partial charge in [0.15, 0.2) is 8.07 Å². The smallest absolute Gasteiger partial charge is 0.213 e. The van der Waals surface area contributed by atoms with Crippen molar-refractivity contribution in [1.82, 2.24) is 9.13 Å². The van der Waals surface area contributed by atoms with Gasteiger partial charge in [0.05, 0.1) is 21.8 Å². The van der Waals surface area contributed by atoms with E-state index in [1.807, 2.05) is 12.1 Å². The van der Waals surface area contributed by atoms with Crippen molar-refractivity contribution < 1.29 is 8.83 Å². The van der Waals surface area contributed by atoms with E-state index in [9.17, 15) is 0 Å². The van der Waals surface area contributed by atoms with Crippen molar-refractivity contribution in [3.63, 3.8) is 0 Å². The molecular formula is C52H34N2O2Si. The minimum atomic E-state index is -2.85. The summed E-state index contributed by atoms with van der Waals surface area (Å²) in [6.07, 6.45) is 0. The highest BCUT2D eigenvalue weighted by Gasteiger charge is 2.41. The highest BCUT2D eigenvalue weighted by Crippen LogP contribution is 2.40. The second-order valence-corrected chi connectivity index (χ2v) is 18.6. The van der Waals surface area contributed by atoms with E-state index in [1.165, 1.54) is 31.5 Å². The Morgan fingerprint density at radius 2 is 0.632 bits per heavy atom. The van der Waals surface area contributed by atoms with E-state index in [4.69, 9.17) is 8.83 Å². The molecule has 0 radical (unpaired) electrons. The third-order valence-corrected chi connectivity index (χ3v) is 16.7. The first kappa shape index (κ1) is 32.0. The summed E-state index contributed by atoms with van der Waals surface area (Å²) in [7, 11) is -2.85. The number of rotatable bonds is 6. The summed E-state index contributed by atoms with van der Waals surface area (Å²) in [5, 5.41) is 12.2. The lowest BCUT2D eigenvalue weighted by Gasteiger charge is -2.34. The fraction of sp³-hybridized carbons (Fsp3) is 0. The van der Waals surface area contributed by atoms with E-state index in [2.05, 4.69) is 203 Å². The van der Waals surface area contributed by atoms with Crippen LogP contribution in [0.15, 0.2) is 215 Å². The van der Waals surface area contributed by atoms with Crippen LogP contribution in [-0.2, 0) is 0 Å². The summed E-state index contributed by atoms with van der Waals surface area (Å²) in [6, 6.07) is 74.6. The average Bonchev–Trinajstić information content (AvgIpc) is 4.02. The van der Waals surface area contributed by atoms with Crippen LogP contribution in [0.2, 0.25) is 0 Å². The number of aromatic nitrogens is 2. The average molecular weight is 747 g/mol. The van der Waals surface area contributed by atoms with Crippen molar-refractivity contribution in [2.75, 3.05) is 0 Å². The van der Waals surface area contributed by atoms with Crippen molar-refractivity contribution in [1.29, 1.82) is 0 Å². The molecule has 0 bridgehead atoms. The first-order valence-corrected chi connectivity index (χ1v) is 21.4. The molecular weight excluding hydrogens is 713 g/mol. The number of nitrogens with zero attached hydrogens (tertiary/aromatic N) is 2. The summed E-state index contributed by atoms with van der Waals surface area (Å²) in [6.45, 7) is 0. The number of para-hydroxylation sites is 4. The van der Waals surface area contributed by atoms with E-state index in [1.54, 1.807) is 0 Å². The molecule has 0 spiro atoms. The second kappa shape index (κ2) is 12.3. The van der Waals surface area contributed by atoms with Crippen LogP contribution in [0, 0.1) is 0 Å². The molecule has 4 heterocycles. The Bertz CT molecular complexity index is 3210. The third-order valence-electron chi connectivity index (χ3n) is 11.9. The topological polar surface area (TPSA) is 36.1 Å². The maximum absolute atomic E-state index is 6.60. The Kier molecular flexibility index (Phi) is 6.91. The highest BCUT2D eigenvalue weighted by molar-refractivity contribution is 7.19. The summed E-state index contributed by atoms with van der Waals surface area (Å²) < 4.78 is 17.8. The van der Waals surface area contributed by atoms with Gasteiger partial charge in [0.1, 0.15) is 11.2 Å². The van der Waals surface area contributed by atoms with Crippen LogP contribution >= 0.6 is 0 Å². The van der Waals surface area contributed by atoms with Gasteiger partial charge in [-0.05, 0) is 69.3 Å². The predicted octanol–water partition coefficient (Wildman–Crippen LogP) is 10.8. The van der Waals surface area contributed by atoms with Crippen LogP contribution in [0.1, 0.15) is 0 Å². The Balaban J connectivity index is 1.07. The largest absolute Gasteiger partial charge is 0.439 e. The van der Waals surface area contributed by atoms with Crippen molar-refractivity contribution in [2.45, 2.75) is 0 Å². The van der Waals surface area contributed by atoms with Gasteiger partial charge in [-0.3, -0.25) is 9.13 Å². The predicted molar refractivity (Wildman–Crippen MR) is 238 cm³/mol. The van der Waals surface area contributed by atoms with Crippen LogP contribution in [0.5, 0.6) is 0 Å². The molecule has 57 heavy (non-hydrogen) atoms. The van der Waals surface area contributed by atoms with Crippen LogP contribution in [0.4, 0.5) is 0 Å². The molecule has 0 aliphatic heterocycles. The third kappa shape index (κ3) is 4.55. The zero-order valence-corrected chi connectivity index (χ0v) is 31.8. The molecule has 0 fully saturated rings. The molecule has 12 rings (SSSR count). The molecule has 0 saturated carbocycles. The van der Waals surface area contributed by atoms with Gasteiger partial charge >= 0.3 is 0 Å². The summed E-state index contributed by atoms with van der Waals surface area (Å²) in [4.78, 5) is 0. The monoisotopic (exact) mass is 746 g/mol. The Hall–Kier alpha value is -7.34. The number of furan rings is 2. The minimum absolute atomic E-state index is 0.867. The summed E-state index contributed by atoms with van der Waals surface area (Å²) >= 11 is 0. The van der Waals surface area contributed by atoms with Gasteiger partial charge in [-0.15, -0.1) is 0 Å². The molecule has 8 aromatic carbocycles. The molecule has 0 amide bonds. The summed E-state index contributed by atoms with van der Waals surface area (Å²) in [5.74, 6) is 0. The van der Waals surface area contributed by atoms with E-state index in [0.717, 1.165) is 66.5 Å². The molecule has 0 aliphatic rings. The maximum atomic E-state index is 6.60. The van der Waals surface area contributed by atoms with Crippen LogP contribution in [0.3, 0.4) is 0 Å². The molecule has 12 aromatic rings. The molecule has 0 saturated heterocycles. The Labute approximate surface area is 329 Å². The van der Waals surface area contributed by atoms with Gasteiger partial charge in [-0.25, -0.2) is 0 Å². The van der Waals surface area contributed by atoms with Gasteiger partial charge in [-0.1, -0.05) is 158 Å². The maximum Gasteiger partial charge on any atom is 0.213 e. The van der Waals surface area contributed by atoms with Crippen LogP contribution in [-0.4, -0.2) is 17.2 Å². The summed E-state index contributed by atoms with van der Waals surface area (Å²) in [5.41, 5.74) is 7.93. The van der Waals surface area contributed by atoms with Crippen LogP contribution < -0.4 is 20.7 Å². The number of hydrogen-bond donors (Lipinski definition) is 0. The number of fused-ring (bicyclic) bond motifs is 10. The fourth-order valence-electron chi connectivity index (χ4n) is 9.49. The van der Waals surface area contributed by atoms with E-state index in [0.29, 0.717) is 0 Å². The van der Waals surface area contributed by atoms with E-state index >= 15 is 0 Å². The van der Waals surface area contributed by atoms with Gasteiger partial charge in [0, 0.05) is 32.9 Å². The van der Waals surface area contributed by atoms with Crippen molar-refractivity contribution >= 4 is 94.8 Å². The lowest BCUT2D eigenvalue weighted by atomic mass is 10.1. The van der Waals surface area contributed by atoms with E-state index in [-0.39, 0.29) is 0 Å². The lowest BCUT2D eigenvalue weighted by molar-refractivity contribution is 0.645. The standard InChI is InChI=1S/C52H34N2O2Si/c1-3-15-37(16-4-1)57(38-17-5-2-6-18-38,39-31-27-35(28-32-39)53-45-23-11-7-19-41(45)49-43-21-9-13-25-47(43)55-51(49)53)40-33-29-36(30-34-40)54-46-24-12-8-20-42(46)50-44-22-10-14-26-48(44)56-52(50)54/h1-34H. The highest BCUT2D eigenvalue weighted by atomic mass is 28.3. The number of hydrogen-bond acceptors (Lipinski definition) is 2. The molecule has 0 aliphatic carbocycles. The number of benzene rings is 8. The van der Waals surface area contributed by atoms with Crippen molar-refractivity contribution in [3.8, 4) is 11.4 Å². The van der Waals surface area contributed by atoms with Crippen molar-refractivity contribution in [3.05, 3.63) is 206 Å². The molecule has 4 nitrogen and oxygen atoms in total. The fourth-order valence-corrected chi connectivity index (χ4v) is 14.2. The second-order valence-electron chi connectivity index (χ2n) is 14.8. The van der Waals surface area contributed by atoms with Crippen molar-refractivity contribution in [2.24, 2.45) is 0 Å². The van der Waals surface area contributed by atoms with Gasteiger partial charge in [0.25, 0.3) is 0 Å². The molecule has 5 heteroatoms. The normalized spacial score (nSPS) is 12.2. The molecule has 0 unspecified atom stereocenters. The zero-order chi connectivity index (χ0) is 37.5.